The third-order valence-electron chi connectivity index (χ3n) is 3.07. The van der Waals surface area contributed by atoms with E-state index in [9.17, 15) is 4.79 Å². The molecule has 0 aliphatic carbocycles. The molecule has 1 rings (SSSR count). The molecule has 1 aliphatic rings. The van der Waals surface area contributed by atoms with Crippen molar-refractivity contribution in [3.05, 3.63) is 0 Å². The largest absolute Gasteiger partial charge is 0.444 e. The van der Waals surface area contributed by atoms with E-state index in [2.05, 4.69) is 0 Å². The van der Waals surface area contributed by atoms with Gasteiger partial charge >= 0.3 is 6.09 Å². The molecule has 1 unspecified atom stereocenters. The molecular formula is C13H26N2O3. The van der Waals surface area contributed by atoms with Crippen LogP contribution in [0.3, 0.4) is 0 Å². The number of methoxy groups -OCH3 is 1. The van der Waals surface area contributed by atoms with Crippen molar-refractivity contribution >= 4 is 6.09 Å². The Morgan fingerprint density at radius 1 is 1.33 bits per heavy atom. The molecule has 0 radical (unpaired) electrons. The second kappa shape index (κ2) is 5.89. The van der Waals surface area contributed by atoms with Gasteiger partial charge in [0, 0.05) is 25.7 Å². The maximum Gasteiger partial charge on any atom is 0.410 e. The fourth-order valence-corrected chi connectivity index (χ4v) is 2.16. The number of hydrogen-bond donors (Lipinski definition) is 1. The lowest BCUT2D eigenvalue weighted by molar-refractivity contribution is 0.0250. The van der Waals surface area contributed by atoms with Gasteiger partial charge < -0.3 is 20.1 Å². The highest BCUT2D eigenvalue weighted by atomic mass is 16.6. The van der Waals surface area contributed by atoms with E-state index >= 15 is 0 Å². The first-order valence-electron chi connectivity index (χ1n) is 6.51. The Morgan fingerprint density at radius 2 is 2.00 bits per heavy atom. The maximum absolute atomic E-state index is 12.0. The van der Waals surface area contributed by atoms with Crippen molar-refractivity contribution in [3.8, 4) is 0 Å². The van der Waals surface area contributed by atoms with Crippen LogP contribution >= 0.6 is 0 Å². The van der Waals surface area contributed by atoms with Crippen LogP contribution < -0.4 is 5.73 Å². The normalized spacial score (nSPS) is 25.7. The van der Waals surface area contributed by atoms with Crippen LogP contribution in [0.15, 0.2) is 0 Å². The number of amides is 1. The summed E-state index contributed by atoms with van der Waals surface area (Å²) >= 11 is 0. The predicted molar refractivity (Wildman–Crippen MR) is 70.5 cm³/mol. The standard InChI is InChI=1S/C13H26N2O3/c1-12(2,3)18-11(16)15-8-5-6-13(14,7-9-15)10-17-4/h5-10,14H2,1-4H3. The highest BCUT2D eigenvalue weighted by Gasteiger charge is 2.31. The number of ether oxygens (including phenoxy) is 2. The lowest BCUT2D eigenvalue weighted by atomic mass is 9.93. The molecule has 0 aromatic heterocycles. The summed E-state index contributed by atoms with van der Waals surface area (Å²) < 4.78 is 10.5. The molecule has 0 bridgehead atoms. The van der Waals surface area contributed by atoms with E-state index in [1.165, 1.54) is 0 Å². The van der Waals surface area contributed by atoms with Crippen molar-refractivity contribution in [2.75, 3.05) is 26.8 Å². The summed E-state index contributed by atoms with van der Waals surface area (Å²) in [7, 11) is 1.66. The SMILES string of the molecule is COCC1(N)CCCN(C(=O)OC(C)(C)C)CC1. The number of likely N-dealkylation sites (tertiary alicyclic amines) is 1. The monoisotopic (exact) mass is 258 g/mol. The zero-order valence-corrected chi connectivity index (χ0v) is 12.0. The van der Waals surface area contributed by atoms with E-state index in [0.717, 1.165) is 19.3 Å². The average Bonchev–Trinajstić information content (AvgIpc) is 2.38. The molecule has 1 saturated heterocycles. The van der Waals surface area contributed by atoms with Gasteiger partial charge in [0.2, 0.25) is 0 Å². The second-order valence-corrected chi connectivity index (χ2v) is 6.12. The van der Waals surface area contributed by atoms with Gasteiger partial charge in [0.05, 0.1) is 6.61 Å². The summed E-state index contributed by atoms with van der Waals surface area (Å²) in [4.78, 5) is 13.7. The first kappa shape index (κ1) is 15.2. The van der Waals surface area contributed by atoms with Crippen LogP contribution in [0.5, 0.6) is 0 Å². The first-order valence-corrected chi connectivity index (χ1v) is 6.51. The van der Waals surface area contributed by atoms with Crippen LogP contribution in [-0.4, -0.2) is 48.9 Å². The second-order valence-electron chi connectivity index (χ2n) is 6.12. The Balaban J connectivity index is 2.54. The van der Waals surface area contributed by atoms with E-state index in [0.29, 0.717) is 19.7 Å². The maximum atomic E-state index is 12.0. The van der Waals surface area contributed by atoms with Gasteiger partial charge in [0.1, 0.15) is 5.60 Å². The summed E-state index contributed by atoms with van der Waals surface area (Å²) in [6, 6.07) is 0. The van der Waals surface area contributed by atoms with Crippen molar-refractivity contribution in [1.82, 2.24) is 4.90 Å². The zero-order valence-electron chi connectivity index (χ0n) is 12.0. The molecule has 1 atom stereocenters. The molecule has 5 heteroatoms. The van der Waals surface area contributed by atoms with E-state index < -0.39 is 5.60 Å². The summed E-state index contributed by atoms with van der Waals surface area (Å²) in [5, 5.41) is 0. The van der Waals surface area contributed by atoms with Crippen LogP contribution in [0.25, 0.3) is 0 Å². The first-order chi connectivity index (χ1) is 8.26. The highest BCUT2D eigenvalue weighted by Crippen LogP contribution is 2.21. The van der Waals surface area contributed by atoms with Gasteiger partial charge in [-0.15, -0.1) is 0 Å². The Hall–Kier alpha value is -0.810. The predicted octanol–water partition coefficient (Wildman–Crippen LogP) is 1.75. The number of carbonyl (C=O) groups is 1. The molecule has 106 valence electrons. The van der Waals surface area contributed by atoms with Gasteiger partial charge in [-0.2, -0.15) is 0 Å². The van der Waals surface area contributed by atoms with Crippen LogP contribution in [-0.2, 0) is 9.47 Å². The molecule has 1 aliphatic heterocycles. The fraction of sp³-hybridized carbons (Fsp3) is 0.923. The number of rotatable bonds is 2. The van der Waals surface area contributed by atoms with Crippen LogP contribution in [0, 0.1) is 0 Å². The lowest BCUT2D eigenvalue weighted by Gasteiger charge is -2.28. The number of carbonyl (C=O) groups excluding carboxylic acids is 1. The van der Waals surface area contributed by atoms with E-state index in [1.54, 1.807) is 12.0 Å². The van der Waals surface area contributed by atoms with Gasteiger partial charge in [-0.05, 0) is 40.0 Å². The quantitative estimate of drug-likeness (QED) is 0.819. The Bertz CT molecular complexity index is 288. The summed E-state index contributed by atoms with van der Waals surface area (Å²) in [5.74, 6) is 0. The van der Waals surface area contributed by atoms with Crippen molar-refractivity contribution in [1.29, 1.82) is 0 Å². The Morgan fingerprint density at radius 3 is 2.56 bits per heavy atom. The van der Waals surface area contributed by atoms with Crippen LogP contribution in [0.2, 0.25) is 0 Å². The van der Waals surface area contributed by atoms with Crippen molar-refractivity contribution in [3.63, 3.8) is 0 Å². The Labute approximate surface area is 110 Å². The minimum Gasteiger partial charge on any atom is -0.444 e. The van der Waals surface area contributed by atoms with Gasteiger partial charge in [0.15, 0.2) is 0 Å². The highest BCUT2D eigenvalue weighted by molar-refractivity contribution is 5.68. The summed E-state index contributed by atoms with van der Waals surface area (Å²) in [6.45, 7) is 7.50. The smallest absolute Gasteiger partial charge is 0.410 e. The van der Waals surface area contributed by atoms with Gasteiger partial charge in [-0.25, -0.2) is 4.79 Å². The molecule has 1 heterocycles. The molecule has 1 amide bonds. The molecule has 5 nitrogen and oxygen atoms in total. The van der Waals surface area contributed by atoms with Crippen molar-refractivity contribution in [2.24, 2.45) is 5.73 Å². The third-order valence-corrected chi connectivity index (χ3v) is 3.07. The molecule has 0 saturated carbocycles. The van der Waals surface area contributed by atoms with Gasteiger partial charge in [-0.1, -0.05) is 0 Å². The number of hydrogen-bond acceptors (Lipinski definition) is 4. The van der Waals surface area contributed by atoms with E-state index in [4.69, 9.17) is 15.2 Å². The third kappa shape index (κ3) is 4.82. The van der Waals surface area contributed by atoms with Crippen molar-refractivity contribution in [2.45, 2.75) is 51.2 Å². The summed E-state index contributed by atoms with van der Waals surface area (Å²) in [5.41, 5.74) is 5.49. The zero-order chi connectivity index (χ0) is 13.8. The van der Waals surface area contributed by atoms with E-state index in [-0.39, 0.29) is 11.6 Å². The van der Waals surface area contributed by atoms with Crippen LogP contribution in [0.1, 0.15) is 40.0 Å². The average molecular weight is 258 g/mol. The Kier molecular flexibility index (Phi) is 4.99. The summed E-state index contributed by atoms with van der Waals surface area (Å²) in [6.07, 6.45) is 2.27. The molecular weight excluding hydrogens is 232 g/mol. The molecule has 18 heavy (non-hydrogen) atoms. The van der Waals surface area contributed by atoms with E-state index in [1.807, 2.05) is 20.8 Å². The number of nitrogens with zero attached hydrogens (tertiary/aromatic N) is 1. The molecule has 2 N–H and O–H groups in total. The molecule has 0 aromatic rings. The van der Waals surface area contributed by atoms with Crippen LogP contribution in [0.4, 0.5) is 4.79 Å². The van der Waals surface area contributed by atoms with Gasteiger partial charge in [0.25, 0.3) is 0 Å². The molecule has 1 fully saturated rings. The van der Waals surface area contributed by atoms with Crippen molar-refractivity contribution < 1.29 is 14.3 Å². The van der Waals surface area contributed by atoms with Gasteiger partial charge in [-0.3, -0.25) is 0 Å². The fourth-order valence-electron chi connectivity index (χ4n) is 2.16. The lowest BCUT2D eigenvalue weighted by Crippen LogP contribution is -2.45. The topological polar surface area (TPSA) is 64.8 Å². The minimum absolute atomic E-state index is 0.246. The molecule has 0 aromatic carbocycles. The number of nitrogens with two attached hydrogens (primary N) is 1. The molecule has 0 spiro atoms. The minimum atomic E-state index is -0.449.